The molecule has 0 saturated heterocycles. The summed E-state index contributed by atoms with van der Waals surface area (Å²) in [4.78, 5) is 22.4. The lowest BCUT2D eigenvalue weighted by Crippen LogP contribution is -2.21. The summed E-state index contributed by atoms with van der Waals surface area (Å²) in [6.45, 7) is 0. The molecule has 0 radical (unpaired) electrons. The zero-order chi connectivity index (χ0) is 19.5. The van der Waals surface area contributed by atoms with Crippen molar-refractivity contribution in [1.29, 1.82) is 0 Å². The monoisotopic (exact) mass is 389 g/mol. The molecular formula is C21H19N5OS. The zero-order valence-corrected chi connectivity index (χ0v) is 16.4. The minimum atomic E-state index is 0.00466. The van der Waals surface area contributed by atoms with Crippen molar-refractivity contribution in [3.8, 4) is 5.69 Å². The third-order valence-electron chi connectivity index (χ3n) is 4.31. The highest BCUT2D eigenvalue weighted by molar-refractivity contribution is 7.98. The molecule has 0 N–H and O–H groups in total. The smallest absolute Gasteiger partial charge is 0.253 e. The van der Waals surface area contributed by atoms with Gasteiger partial charge in [-0.25, -0.2) is 14.6 Å². The molecule has 0 aliphatic carbocycles. The molecular weight excluding hydrogens is 370 g/mol. The fourth-order valence-electron chi connectivity index (χ4n) is 2.85. The fourth-order valence-corrected chi connectivity index (χ4v) is 3.77. The standard InChI is InChI=1S/C21H19N5OS/c1-25(2)21(27)16-10-8-15(9-11-16)13-28-20-18-12-24-26(19(18)22-14-23-20)17-6-4-3-5-7-17/h3-12,14H,13H2,1-2H3. The molecule has 4 rings (SSSR count). The first-order chi connectivity index (χ1) is 13.6. The first-order valence-corrected chi connectivity index (χ1v) is 9.79. The van der Waals surface area contributed by atoms with E-state index in [9.17, 15) is 4.79 Å². The molecule has 140 valence electrons. The van der Waals surface area contributed by atoms with E-state index in [2.05, 4.69) is 15.1 Å². The van der Waals surface area contributed by atoms with Gasteiger partial charge in [-0.2, -0.15) is 5.10 Å². The second kappa shape index (κ2) is 7.82. The first kappa shape index (κ1) is 18.2. The number of amides is 1. The Labute approximate surface area is 167 Å². The van der Waals surface area contributed by atoms with Crippen LogP contribution in [0.15, 0.2) is 72.1 Å². The number of aromatic nitrogens is 4. The lowest BCUT2D eigenvalue weighted by molar-refractivity contribution is 0.0827. The van der Waals surface area contributed by atoms with Crippen molar-refractivity contribution in [3.63, 3.8) is 0 Å². The van der Waals surface area contributed by atoms with Crippen LogP contribution in [0, 0.1) is 0 Å². The molecule has 0 bridgehead atoms. The lowest BCUT2D eigenvalue weighted by Gasteiger charge is -2.10. The van der Waals surface area contributed by atoms with Gasteiger partial charge in [-0.15, -0.1) is 11.8 Å². The maximum absolute atomic E-state index is 12.0. The Bertz CT molecular complexity index is 1110. The van der Waals surface area contributed by atoms with Crippen molar-refractivity contribution in [2.24, 2.45) is 0 Å². The van der Waals surface area contributed by atoms with E-state index < -0.39 is 0 Å². The van der Waals surface area contributed by atoms with Crippen LogP contribution in [0.2, 0.25) is 0 Å². The van der Waals surface area contributed by atoms with Crippen LogP contribution in [0.5, 0.6) is 0 Å². The summed E-state index contributed by atoms with van der Waals surface area (Å²) in [6.07, 6.45) is 3.38. The normalized spacial score (nSPS) is 10.9. The van der Waals surface area contributed by atoms with Crippen molar-refractivity contribution in [2.45, 2.75) is 10.8 Å². The summed E-state index contributed by atoms with van der Waals surface area (Å²) < 4.78 is 1.82. The highest BCUT2D eigenvalue weighted by Gasteiger charge is 2.12. The maximum atomic E-state index is 12.0. The van der Waals surface area contributed by atoms with Crippen LogP contribution < -0.4 is 0 Å². The summed E-state index contributed by atoms with van der Waals surface area (Å²) in [5.74, 6) is 0.754. The SMILES string of the molecule is CN(C)C(=O)c1ccc(CSc2ncnc3c2cnn3-c2ccccc2)cc1. The van der Waals surface area contributed by atoms with Gasteiger partial charge in [0.25, 0.3) is 5.91 Å². The molecule has 0 saturated carbocycles. The molecule has 0 fully saturated rings. The number of carbonyl (C=O) groups excluding carboxylic acids is 1. The number of fused-ring (bicyclic) bond motifs is 1. The maximum Gasteiger partial charge on any atom is 0.253 e. The topological polar surface area (TPSA) is 63.9 Å². The average Bonchev–Trinajstić information content (AvgIpc) is 3.17. The summed E-state index contributed by atoms with van der Waals surface area (Å²) in [5.41, 5.74) is 3.57. The number of carbonyl (C=O) groups is 1. The molecule has 0 aliphatic rings. The second-order valence-corrected chi connectivity index (χ2v) is 7.46. The van der Waals surface area contributed by atoms with Crippen LogP contribution in [0.1, 0.15) is 15.9 Å². The van der Waals surface area contributed by atoms with Crippen molar-refractivity contribution in [2.75, 3.05) is 14.1 Å². The van der Waals surface area contributed by atoms with Crippen LogP contribution in [0.3, 0.4) is 0 Å². The quantitative estimate of drug-likeness (QED) is 0.384. The molecule has 4 aromatic rings. The number of benzene rings is 2. The fraction of sp³-hybridized carbons (Fsp3) is 0.143. The predicted molar refractivity (Wildman–Crippen MR) is 111 cm³/mol. The van der Waals surface area contributed by atoms with Crippen molar-refractivity contribution in [1.82, 2.24) is 24.6 Å². The molecule has 0 aliphatic heterocycles. The molecule has 7 heteroatoms. The summed E-state index contributed by atoms with van der Waals surface area (Å²) in [5, 5.41) is 6.30. The van der Waals surface area contributed by atoms with Gasteiger partial charge in [0, 0.05) is 25.4 Å². The van der Waals surface area contributed by atoms with Crippen LogP contribution in [-0.2, 0) is 5.75 Å². The number of rotatable bonds is 5. The van der Waals surface area contributed by atoms with Crippen molar-refractivity contribution < 1.29 is 4.79 Å². The van der Waals surface area contributed by atoms with Crippen LogP contribution in [0.4, 0.5) is 0 Å². The van der Waals surface area contributed by atoms with E-state index in [0.29, 0.717) is 5.56 Å². The van der Waals surface area contributed by atoms with Gasteiger partial charge in [0.15, 0.2) is 5.65 Å². The van der Waals surface area contributed by atoms with Crippen LogP contribution in [0.25, 0.3) is 16.7 Å². The molecule has 2 aromatic carbocycles. The third-order valence-corrected chi connectivity index (χ3v) is 5.39. The first-order valence-electron chi connectivity index (χ1n) is 8.81. The molecule has 0 spiro atoms. The van der Waals surface area contributed by atoms with E-state index in [0.717, 1.165) is 33.1 Å². The minimum Gasteiger partial charge on any atom is -0.345 e. The van der Waals surface area contributed by atoms with Gasteiger partial charge < -0.3 is 4.90 Å². The van der Waals surface area contributed by atoms with Gasteiger partial charge in [0.05, 0.1) is 17.3 Å². The van der Waals surface area contributed by atoms with Crippen LogP contribution in [-0.4, -0.2) is 44.7 Å². The molecule has 6 nitrogen and oxygen atoms in total. The number of nitrogens with zero attached hydrogens (tertiary/aromatic N) is 5. The van der Waals surface area contributed by atoms with E-state index >= 15 is 0 Å². The van der Waals surface area contributed by atoms with Gasteiger partial charge >= 0.3 is 0 Å². The van der Waals surface area contributed by atoms with Gasteiger partial charge in [0.2, 0.25) is 0 Å². The predicted octanol–water partition coefficient (Wildman–Crippen LogP) is 3.81. The Kier molecular flexibility index (Phi) is 5.08. The van der Waals surface area contributed by atoms with E-state index in [-0.39, 0.29) is 5.91 Å². The van der Waals surface area contributed by atoms with Gasteiger partial charge in [-0.05, 0) is 29.8 Å². The van der Waals surface area contributed by atoms with Gasteiger partial charge in [-0.3, -0.25) is 4.79 Å². The van der Waals surface area contributed by atoms with Crippen molar-refractivity contribution >= 4 is 28.7 Å². The molecule has 0 unspecified atom stereocenters. The Morgan fingerprint density at radius 1 is 1.04 bits per heavy atom. The van der Waals surface area contributed by atoms with E-state index in [1.165, 1.54) is 0 Å². The Morgan fingerprint density at radius 3 is 2.50 bits per heavy atom. The van der Waals surface area contributed by atoms with E-state index in [4.69, 9.17) is 0 Å². The average molecular weight is 389 g/mol. The molecule has 1 amide bonds. The highest BCUT2D eigenvalue weighted by Crippen LogP contribution is 2.28. The molecule has 0 atom stereocenters. The van der Waals surface area contributed by atoms with E-state index in [1.807, 2.05) is 65.5 Å². The third kappa shape index (κ3) is 3.61. The van der Waals surface area contributed by atoms with Crippen molar-refractivity contribution in [3.05, 3.63) is 78.2 Å². The minimum absolute atomic E-state index is 0.00466. The number of para-hydroxylation sites is 1. The summed E-state index contributed by atoms with van der Waals surface area (Å²) in [7, 11) is 3.50. The summed E-state index contributed by atoms with van der Waals surface area (Å²) in [6, 6.07) is 17.6. The Hall–Kier alpha value is -3.19. The van der Waals surface area contributed by atoms with Gasteiger partial charge in [-0.1, -0.05) is 30.3 Å². The van der Waals surface area contributed by atoms with Gasteiger partial charge in [0.1, 0.15) is 11.4 Å². The summed E-state index contributed by atoms with van der Waals surface area (Å²) >= 11 is 1.63. The second-order valence-electron chi connectivity index (χ2n) is 6.49. The number of thioether (sulfide) groups is 1. The Morgan fingerprint density at radius 2 is 1.79 bits per heavy atom. The zero-order valence-electron chi connectivity index (χ0n) is 15.6. The Balaban J connectivity index is 1.54. The number of hydrogen-bond donors (Lipinski definition) is 0. The largest absolute Gasteiger partial charge is 0.345 e. The lowest BCUT2D eigenvalue weighted by atomic mass is 10.1. The molecule has 2 heterocycles. The highest BCUT2D eigenvalue weighted by atomic mass is 32.2. The molecule has 2 aromatic heterocycles. The van der Waals surface area contributed by atoms with E-state index in [1.54, 1.807) is 37.1 Å². The number of hydrogen-bond acceptors (Lipinski definition) is 5. The molecule has 28 heavy (non-hydrogen) atoms. The van der Waals surface area contributed by atoms with Crippen LogP contribution >= 0.6 is 11.8 Å².